The third-order valence-corrected chi connectivity index (χ3v) is 2.70. The van der Waals surface area contributed by atoms with Crippen LogP contribution in [0.3, 0.4) is 0 Å². The first-order valence-electron chi connectivity index (χ1n) is 6.57. The molecule has 2 aromatic rings. The highest BCUT2D eigenvalue weighted by Gasteiger charge is 2.03. The Labute approximate surface area is 128 Å². The topological polar surface area (TPSA) is 59.4 Å². The quantitative estimate of drug-likeness (QED) is 0.695. The first-order chi connectivity index (χ1) is 10.7. The van der Waals surface area contributed by atoms with Gasteiger partial charge in [0, 0.05) is 23.7 Å². The van der Waals surface area contributed by atoms with E-state index in [1.807, 2.05) is 24.3 Å². The predicted molar refractivity (Wildman–Crippen MR) is 82.6 cm³/mol. The fourth-order valence-electron chi connectivity index (χ4n) is 1.63. The first-order valence-corrected chi connectivity index (χ1v) is 6.57. The summed E-state index contributed by atoms with van der Waals surface area (Å²) in [4.78, 5) is 14.6. The minimum absolute atomic E-state index is 0.0240. The summed E-state index contributed by atoms with van der Waals surface area (Å²) in [6.45, 7) is 0.483. The molecule has 1 aromatic heterocycles. The van der Waals surface area contributed by atoms with Crippen LogP contribution in [0.4, 0.5) is 0 Å². The van der Waals surface area contributed by atoms with Gasteiger partial charge in [-0.3, -0.25) is 0 Å². The Balaban J connectivity index is 2.07. The average molecular weight is 291 g/mol. The van der Waals surface area contributed by atoms with Gasteiger partial charge in [-0.15, -0.1) is 12.3 Å². The van der Waals surface area contributed by atoms with E-state index in [-0.39, 0.29) is 5.69 Å². The molecule has 0 fully saturated rings. The van der Waals surface area contributed by atoms with E-state index < -0.39 is 5.97 Å². The number of carboxylic acids is 1. The highest BCUT2D eigenvalue weighted by Crippen LogP contribution is 2.12. The lowest BCUT2D eigenvalue weighted by Crippen LogP contribution is -1.99. The molecule has 2 rings (SSSR count). The number of rotatable bonds is 4. The Kier molecular flexibility index (Phi) is 5.18. The zero-order valence-electron chi connectivity index (χ0n) is 11.7. The number of hydrogen-bond donors (Lipinski definition) is 1. The van der Waals surface area contributed by atoms with Crippen molar-refractivity contribution in [3.63, 3.8) is 0 Å². The van der Waals surface area contributed by atoms with Crippen LogP contribution in [0.5, 0.6) is 5.75 Å². The molecule has 0 amide bonds. The third kappa shape index (κ3) is 4.40. The highest BCUT2D eigenvalue weighted by atomic mass is 16.5. The molecule has 0 atom stereocenters. The maximum Gasteiger partial charge on any atom is 0.354 e. The van der Waals surface area contributed by atoms with Crippen LogP contribution in [0.15, 0.2) is 42.6 Å². The van der Waals surface area contributed by atoms with E-state index in [0.717, 1.165) is 11.3 Å². The Morgan fingerprint density at radius 3 is 2.59 bits per heavy atom. The molecule has 22 heavy (non-hydrogen) atoms. The number of carbonyl (C=O) groups is 1. The second-order valence-electron chi connectivity index (χ2n) is 4.31. The smallest absolute Gasteiger partial charge is 0.354 e. The molecule has 0 saturated carbocycles. The molecular weight excluding hydrogens is 278 g/mol. The van der Waals surface area contributed by atoms with E-state index in [4.69, 9.17) is 16.3 Å². The van der Waals surface area contributed by atoms with Crippen LogP contribution in [-0.4, -0.2) is 22.7 Å². The van der Waals surface area contributed by atoms with Gasteiger partial charge in [0.05, 0.1) is 6.61 Å². The van der Waals surface area contributed by atoms with Crippen molar-refractivity contribution < 1.29 is 14.6 Å². The van der Waals surface area contributed by atoms with E-state index in [0.29, 0.717) is 18.6 Å². The summed E-state index contributed by atoms with van der Waals surface area (Å²) < 4.78 is 5.44. The summed E-state index contributed by atoms with van der Waals surface area (Å²) in [5.41, 5.74) is 1.38. The fraction of sp³-hybridized carbons (Fsp3) is 0.111. The largest absolute Gasteiger partial charge is 0.493 e. The van der Waals surface area contributed by atoms with E-state index in [2.05, 4.69) is 22.7 Å². The van der Waals surface area contributed by atoms with Gasteiger partial charge in [-0.05, 0) is 36.4 Å². The first kappa shape index (κ1) is 15.2. The Morgan fingerprint density at radius 1 is 1.18 bits per heavy atom. The van der Waals surface area contributed by atoms with E-state index in [9.17, 15) is 4.79 Å². The fourth-order valence-corrected chi connectivity index (χ4v) is 1.63. The molecule has 0 bridgehead atoms. The van der Waals surface area contributed by atoms with Crippen molar-refractivity contribution >= 4 is 5.97 Å². The van der Waals surface area contributed by atoms with E-state index in [1.165, 1.54) is 12.3 Å². The maximum atomic E-state index is 10.8. The zero-order chi connectivity index (χ0) is 15.8. The Bertz CT molecular complexity index is 761. The van der Waals surface area contributed by atoms with Gasteiger partial charge in [-0.2, -0.15) is 0 Å². The van der Waals surface area contributed by atoms with Crippen molar-refractivity contribution in [1.82, 2.24) is 4.98 Å². The number of benzene rings is 1. The number of pyridine rings is 1. The normalized spacial score (nSPS) is 9.23. The van der Waals surface area contributed by atoms with Crippen LogP contribution < -0.4 is 4.74 Å². The van der Waals surface area contributed by atoms with Gasteiger partial charge in [0.15, 0.2) is 0 Å². The number of carboxylic acid groups (broad SMARTS) is 1. The highest BCUT2D eigenvalue weighted by molar-refractivity contribution is 5.85. The molecule has 0 aliphatic rings. The van der Waals surface area contributed by atoms with Crippen LogP contribution >= 0.6 is 0 Å². The number of nitrogens with zero attached hydrogens (tertiary/aromatic N) is 1. The van der Waals surface area contributed by atoms with Crippen LogP contribution in [0.1, 0.15) is 28.0 Å². The van der Waals surface area contributed by atoms with Crippen molar-refractivity contribution in [3.05, 3.63) is 59.4 Å². The van der Waals surface area contributed by atoms with Crippen molar-refractivity contribution in [2.24, 2.45) is 0 Å². The number of ether oxygens (including phenoxy) is 1. The lowest BCUT2D eigenvalue weighted by molar-refractivity contribution is 0.0690. The summed E-state index contributed by atoms with van der Waals surface area (Å²) in [7, 11) is 0. The molecule has 0 spiro atoms. The minimum atomic E-state index is -1.07. The summed E-state index contributed by atoms with van der Waals surface area (Å²) in [6.07, 6.45) is 7.14. The Morgan fingerprint density at radius 2 is 1.91 bits per heavy atom. The van der Waals surface area contributed by atoms with Crippen LogP contribution in [0.2, 0.25) is 0 Å². The van der Waals surface area contributed by atoms with Crippen molar-refractivity contribution in [2.75, 3.05) is 6.61 Å². The van der Waals surface area contributed by atoms with Crippen molar-refractivity contribution in [2.45, 2.75) is 6.42 Å². The molecule has 0 saturated heterocycles. The number of terminal acetylenes is 1. The minimum Gasteiger partial charge on any atom is -0.493 e. The average Bonchev–Trinajstić information content (AvgIpc) is 2.54. The van der Waals surface area contributed by atoms with Gasteiger partial charge in [-0.25, -0.2) is 9.78 Å². The standard InChI is InChI=1S/C18H13NO3/c1-2-3-12-22-16-8-6-14(7-9-16)4-5-15-10-11-19-17(13-15)18(20)21/h1,6-11,13H,3,12H2,(H,20,21). The molecule has 4 heteroatoms. The summed E-state index contributed by atoms with van der Waals surface area (Å²) in [6, 6.07) is 10.4. The number of aromatic nitrogens is 1. The Hall–Kier alpha value is -3.24. The molecule has 0 aliphatic carbocycles. The summed E-state index contributed by atoms with van der Waals surface area (Å²) >= 11 is 0. The zero-order valence-corrected chi connectivity index (χ0v) is 11.7. The van der Waals surface area contributed by atoms with Gasteiger partial charge in [0.2, 0.25) is 0 Å². The number of hydrogen-bond acceptors (Lipinski definition) is 3. The third-order valence-electron chi connectivity index (χ3n) is 2.70. The molecule has 108 valence electrons. The molecule has 1 N–H and O–H groups in total. The van der Waals surface area contributed by atoms with Gasteiger partial charge in [0.25, 0.3) is 0 Å². The van der Waals surface area contributed by atoms with Gasteiger partial charge >= 0.3 is 5.97 Å². The lowest BCUT2D eigenvalue weighted by atomic mass is 10.2. The van der Waals surface area contributed by atoms with Crippen LogP contribution in [-0.2, 0) is 0 Å². The molecule has 0 aliphatic heterocycles. The molecule has 1 aromatic carbocycles. The van der Waals surface area contributed by atoms with E-state index >= 15 is 0 Å². The lowest BCUT2D eigenvalue weighted by Gasteiger charge is -2.03. The second-order valence-corrected chi connectivity index (χ2v) is 4.31. The van der Waals surface area contributed by atoms with Gasteiger partial charge in [-0.1, -0.05) is 11.8 Å². The van der Waals surface area contributed by atoms with Crippen LogP contribution in [0, 0.1) is 24.2 Å². The number of aromatic carboxylic acids is 1. The monoisotopic (exact) mass is 291 g/mol. The molecule has 0 unspecified atom stereocenters. The molecule has 4 nitrogen and oxygen atoms in total. The summed E-state index contributed by atoms with van der Waals surface area (Å²) in [5.74, 6) is 8.04. The molecule has 0 radical (unpaired) electrons. The van der Waals surface area contributed by atoms with E-state index in [1.54, 1.807) is 6.07 Å². The van der Waals surface area contributed by atoms with Crippen molar-refractivity contribution in [1.29, 1.82) is 0 Å². The van der Waals surface area contributed by atoms with Crippen molar-refractivity contribution in [3.8, 4) is 29.9 Å². The van der Waals surface area contributed by atoms with Gasteiger partial charge < -0.3 is 9.84 Å². The molecule has 1 heterocycles. The predicted octanol–water partition coefficient (Wildman–Crippen LogP) is 2.58. The maximum absolute atomic E-state index is 10.8. The summed E-state index contributed by atoms with van der Waals surface area (Å²) in [5, 5.41) is 8.88. The second kappa shape index (κ2) is 7.52. The van der Waals surface area contributed by atoms with Crippen LogP contribution in [0.25, 0.3) is 0 Å². The SMILES string of the molecule is C#CCCOc1ccc(C#Cc2ccnc(C(=O)O)c2)cc1. The molecular formula is C18H13NO3. The van der Waals surface area contributed by atoms with Gasteiger partial charge in [0.1, 0.15) is 11.4 Å².